The first-order valence-electron chi connectivity index (χ1n) is 8.40. The zero-order valence-corrected chi connectivity index (χ0v) is 13.2. The molecular formula is C18H22N2O3. The van der Waals surface area contributed by atoms with Crippen LogP contribution < -0.4 is 0 Å². The molecule has 2 amide bonds. The highest BCUT2D eigenvalue weighted by atomic mass is 16.5. The highest BCUT2D eigenvalue weighted by molar-refractivity contribution is 6.35. The van der Waals surface area contributed by atoms with E-state index in [9.17, 15) is 9.59 Å². The van der Waals surface area contributed by atoms with Gasteiger partial charge in [-0.25, -0.2) is 0 Å². The van der Waals surface area contributed by atoms with Gasteiger partial charge in [0.2, 0.25) is 0 Å². The van der Waals surface area contributed by atoms with E-state index in [-0.39, 0.29) is 11.8 Å². The number of amides is 2. The lowest BCUT2D eigenvalue weighted by Gasteiger charge is -2.39. The summed E-state index contributed by atoms with van der Waals surface area (Å²) in [5, 5.41) is 0. The third-order valence-electron chi connectivity index (χ3n) is 5.32. The molecule has 0 bridgehead atoms. The van der Waals surface area contributed by atoms with Crippen LogP contribution in [-0.2, 0) is 20.7 Å². The number of likely N-dealkylation sites (tertiary alicyclic amines) is 2. The van der Waals surface area contributed by atoms with Crippen LogP contribution in [0.25, 0.3) is 0 Å². The maximum Gasteiger partial charge on any atom is 0.312 e. The van der Waals surface area contributed by atoms with Crippen molar-refractivity contribution in [2.75, 3.05) is 39.4 Å². The molecule has 2 atom stereocenters. The Morgan fingerprint density at radius 1 is 0.913 bits per heavy atom. The van der Waals surface area contributed by atoms with Gasteiger partial charge in [0.25, 0.3) is 0 Å². The van der Waals surface area contributed by atoms with Crippen molar-refractivity contribution in [3.05, 3.63) is 35.9 Å². The summed E-state index contributed by atoms with van der Waals surface area (Å²) in [6.07, 6.45) is 0.976. The van der Waals surface area contributed by atoms with E-state index in [1.165, 1.54) is 5.56 Å². The molecule has 0 aliphatic carbocycles. The van der Waals surface area contributed by atoms with Gasteiger partial charge in [-0.2, -0.15) is 0 Å². The second-order valence-corrected chi connectivity index (χ2v) is 7.03. The van der Waals surface area contributed by atoms with E-state index in [1.807, 2.05) is 18.2 Å². The number of hydrogen-bond acceptors (Lipinski definition) is 3. The zero-order chi connectivity index (χ0) is 15.8. The number of rotatable bonds is 2. The molecule has 3 aliphatic heterocycles. The molecule has 3 fully saturated rings. The molecule has 0 aromatic heterocycles. The van der Waals surface area contributed by atoms with Gasteiger partial charge in [-0.3, -0.25) is 9.59 Å². The van der Waals surface area contributed by atoms with E-state index in [4.69, 9.17) is 4.74 Å². The summed E-state index contributed by atoms with van der Waals surface area (Å²) in [5.41, 5.74) is 1.29. The fourth-order valence-electron chi connectivity index (χ4n) is 3.94. The molecule has 1 aromatic carbocycles. The summed E-state index contributed by atoms with van der Waals surface area (Å²) in [6.45, 7) is 4.20. The first-order chi connectivity index (χ1) is 11.2. The topological polar surface area (TPSA) is 49.9 Å². The number of fused-ring (bicyclic) bond motifs is 1. The van der Waals surface area contributed by atoms with Gasteiger partial charge >= 0.3 is 11.8 Å². The predicted molar refractivity (Wildman–Crippen MR) is 84.6 cm³/mol. The van der Waals surface area contributed by atoms with Crippen molar-refractivity contribution in [2.24, 2.45) is 17.8 Å². The summed E-state index contributed by atoms with van der Waals surface area (Å²) >= 11 is 0. The Bertz CT molecular complexity index is 586. The van der Waals surface area contributed by atoms with Crippen LogP contribution in [0.2, 0.25) is 0 Å². The van der Waals surface area contributed by atoms with Crippen LogP contribution in [-0.4, -0.2) is 61.0 Å². The number of carbonyl (C=O) groups is 2. The summed E-state index contributed by atoms with van der Waals surface area (Å²) in [7, 11) is 0. The highest BCUT2D eigenvalue weighted by Gasteiger charge is 2.43. The maximum atomic E-state index is 12.4. The lowest BCUT2D eigenvalue weighted by atomic mass is 9.92. The van der Waals surface area contributed by atoms with Crippen LogP contribution in [0.5, 0.6) is 0 Å². The molecule has 0 saturated carbocycles. The second kappa shape index (κ2) is 5.96. The summed E-state index contributed by atoms with van der Waals surface area (Å²) < 4.78 is 5.42. The number of hydrogen-bond donors (Lipinski definition) is 0. The molecule has 0 radical (unpaired) electrons. The fourth-order valence-corrected chi connectivity index (χ4v) is 3.94. The molecule has 122 valence electrons. The lowest BCUT2D eigenvalue weighted by molar-refractivity contribution is -0.155. The van der Waals surface area contributed by atoms with Crippen molar-refractivity contribution in [1.29, 1.82) is 0 Å². The average molecular weight is 314 g/mol. The molecular weight excluding hydrogens is 292 g/mol. The van der Waals surface area contributed by atoms with E-state index < -0.39 is 0 Å². The van der Waals surface area contributed by atoms with Crippen LogP contribution in [0.1, 0.15) is 5.56 Å². The van der Waals surface area contributed by atoms with Crippen molar-refractivity contribution < 1.29 is 14.3 Å². The molecule has 0 spiro atoms. The highest BCUT2D eigenvalue weighted by Crippen LogP contribution is 2.29. The van der Waals surface area contributed by atoms with Gasteiger partial charge in [-0.15, -0.1) is 0 Å². The van der Waals surface area contributed by atoms with Gasteiger partial charge in [0.15, 0.2) is 0 Å². The molecule has 0 N–H and O–H groups in total. The Balaban J connectivity index is 1.27. The quantitative estimate of drug-likeness (QED) is 0.759. The van der Waals surface area contributed by atoms with Crippen LogP contribution in [0.3, 0.4) is 0 Å². The first-order valence-corrected chi connectivity index (χ1v) is 8.40. The van der Waals surface area contributed by atoms with E-state index >= 15 is 0 Å². The summed E-state index contributed by atoms with van der Waals surface area (Å²) in [5.74, 6) is 0.677. The number of carbonyl (C=O) groups excluding carboxylic acids is 2. The van der Waals surface area contributed by atoms with E-state index in [0.29, 0.717) is 43.9 Å². The van der Waals surface area contributed by atoms with E-state index in [1.54, 1.807) is 9.80 Å². The van der Waals surface area contributed by atoms with Crippen molar-refractivity contribution in [3.8, 4) is 0 Å². The molecule has 1 aromatic rings. The largest absolute Gasteiger partial charge is 0.381 e. The van der Waals surface area contributed by atoms with Gasteiger partial charge < -0.3 is 14.5 Å². The fraction of sp³-hybridized carbons (Fsp3) is 0.556. The Morgan fingerprint density at radius 3 is 2.09 bits per heavy atom. The Hall–Kier alpha value is -1.88. The molecule has 3 saturated heterocycles. The van der Waals surface area contributed by atoms with Gasteiger partial charge in [-0.05, 0) is 17.9 Å². The maximum absolute atomic E-state index is 12.4. The molecule has 5 nitrogen and oxygen atoms in total. The van der Waals surface area contributed by atoms with Crippen LogP contribution in [0.4, 0.5) is 0 Å². The number of nitrogens with zero attached hydrogens (tertiary/aromatic N) is 2. The minimum absolute atomic E-state index is 0.322. The van der Waals surface area contributed by atoms with Crippen LogP contribution in [0, 0.1) is 17.8 Å². The average Bonchev–Trinajstić information content (AvgIpc) is 3.11. The SMILES string of the molecule is O=C(C(=O)N1C[C@H]2COC[C@H]2C1)N1CC(Cc2ccccc2)C1. The minimum atomic E-state index is -0.324. The zero-order valence-electron chi connectivity index (χ0n) is 13.2. The molecule has 4 rings (SSSR count). The predicted octanol–water partition coefficient (Wildman–Crippen LogP) is 0.792. The normalized spacial score (nSPS) is 27.0. The second-order valence-electron chi connectivity index (χ2n) is 7.03. The minimum Gasteiger partial charge on any atom is -0.381 e. The van der Waals surface area contributed by atoms with Crippen molar-refractivity contribution >= 4 is 11.8 Å². The molecule has 3 aliphatic rings. The van der Waals surface area contributed by atoms with Gasteiger partial charge in [-0.1, -0.05) is 30.3 Å². The summed E-state index contributed by atoms with van der Waals surface area (Å²) in [4.78, 5) is 28.1. The third kappa shape index (κ3) is 2.85. The molecule has 5 heteroatoms. The standard InChI is InChI=1S/C18H22N2O3/c21-17(18(22)20-9-15-11-23-12-16(15)10-20)19-7-14(8-19)6-13-4-2-1-3-5-13/h1-5,14-16H,6-12H2/t15-,16+. The van der Waals surface area contributed by atoms with Gasteiger partial charge in [0.05, 0.1) is 13.2 Å². The monoisotopic (exact) mass is 314 g/mol. The number of benzene rings is 1. The van der Waals surface area contributed by atoms with Gasteiger partial charge in [0.1, 0.15) is 0 Å². The lowest BCUT2D eigenvalue weighted by Crippen LogP contribution is -2.55. The van der Waals surface area contributed by atoms with Crippen LogP contribution >= 0.6 is 0 Å². The van der Waals surface area contributed by atoms with E-state index in [0.717, 1.165) is 19.6 Å². The molecule has 23 heavy (non-hydrogen) atoms. The Labute approximate surface area is 136 Å². The van der Waals surface area contributed by atoms with Crippen molar-refractivity contribution in [2.45, 2.75) is 6.42 Å². The van der Waals surface area contributed by atoms with Crippen molar-refractivity contribution in [1.82, 2.24) is 9.80 Å². The third-order valence-corrected chi connectivity index (χ3v) is 5.32. The Morgan fingerprint density at radius 2 is 1.48 bits per heavy atom. The smallest absolute Gasteiger partial charge is 0.312 e. The summed E-state index contributed by atoms with van der Waals surface area (Å²) in [6, 6.07) is 10.3. The molecule has 3 heterocycles. The molecule has 0 unspecified atom stereocenters. The first kappa shape index (κ1) is 14.7. The van der Waals surface area contributed by atoms with Gasteiger partial charge in [0, 0.05) is 38.0 Å². The number of ether oxygens (including phenoxy) is 1. The van der Waals surface area contributed by atoms with E-state index in [2.05, 4.69) is 12.1 Å². The van der Waals surface area contributed by atoms with Crippen molar-refractivity contribution in [3.63, 3.8) is 0 Å². The Kier molecular flexibility index (Phi) is 3.81. The van der Waals surface area contributed by atoms with Crippen LogP contribution in [0.15, 0.2) is 30.3 Å².